The molecule has 2 rings (SSSR count). The maximum absolute atomic E-state index is 12.8. The second kappa shape index (κ2) is 9.85. The number of benzene rings is 2. The van der Waals surface area contributed by atoms with Gasteiger partial charge in [0, 0.05) is 11.3 Å². The van der Waals surface area contributed by atoms with Gasteiger partial charge in [-0.1, -0.05) is 45.4 Å². The number of nitrogens with one attached hydrogen (secondary N) is 1. The number of methoxy groups -OCH3 is 1. The molecule has 0 aliphatic carbocycles. The summed E-state index contributed by atoms with van der Waals surface area (Å²) in [6.45, 7) is 6.95. The van der Waals surface area contributed by atoms with Gasteiger partial charge in [0.2, 0.25) is 0 Å². The molecule has 0 atom stereocenters. The van der Waals surface area contributed by atoms with Crippen molar-refractivity contribution >= 4 is 11.6 Å². The maximum Gasteiger partial charge on any atom is 0.255 e. The van der Waals surface area contributed by atoms with Crippen molar-refractivity contribution in [1.29, 1.82) is 0 Å². The van der Waals surface area contributed by atoms with Crippen molar-refractivity contribution in [2.75, 3.05) is 19.0 Å². The van der Waals surface area contributed by atoms with E-state index in [9.17, 15) is 4.79 Å². The predicted octanol–water partition coefficient (Wildman–Crippen LogP) is 5.25. The Bertz CT molecular complexity index is 718. The van der Waals surface area contributed by atoms with E-state index in [2.05, 4.69) is 38.2 Å². The minimum atomic E-state index is -0.140. The molecule has 4 heteroatoms. The van der Waals surface area contributed by atoms with Crippen LogP contribution in [0.3, 0.4) is 0 Å². The summed E-state index contributed by atoms with van der Waals surface area (Å²) >= 11 is 0. The molecule has 0 aromatic heterocycles. The summed E-state index contributed by atoms with van der Waals surface area (Å²) in [5.74, 6) is 1.10. The molecule has 0 radical (unpaired) electrons. The highest BCUT2D eigenvalue weighted by Gasteiger charge is 2.14. The van der Waals surface area contributed by atoms with Crippen LogP contribution in [0.25, 0.3) is 0 Å². The first-order chi connectivity index (χ1) is 12.6. The molecular formula is C22H29NO3. The number of hydrogen-bond acceptors (Lipinski definition) is 3. The third-order valence-electron chi connectivity index (χ3n) is 4.42. The molecule has 0 heterocycles. The number of para-hydroxylation sites is 1. The Balaban J connectivity index is 2.22. The zero-order valence-corrected chi connectivity index (χ0v) is 16.2. The minimum absolute atomic E-state index is 0.140. The molecule has 0 aliphatic rings. The molecule has 0 unspecified atom stereocenters. The molecule has 1 N–H and O–H groups in total. The topological polar surface area (TPSA) is 47.6 Å². The van der Waals surface area contributed by atoms with Crippen molar-refractivity contribution in [3.63, 3.8) is 0 Å². The van der Waals surface area contributed by atoms with Crippen LogP contribution in [0.5, 0.6) is 11.5 Å². The van der Waals surface area contributed by atoms with Crippen molar-refractivity contribution in [2.45, 2.75) is 46.5 Å². The Kier molecular flexibility index (Phi) is 7.52. The molecule has 140 valence electrons. The van der Waals surface area contributed by atoms with Crippen LogP contribution in [0.2, 0.25) is 0 Å². The highest BCUT2D eigenvalue weighted by atomic mass is 16.5. The normalized spacial score (nSPS) is 10.5. The summed E-state index contributed by atoms with van der Waals surface area (Å²) in [6.07, 6.45) is 3.80. The number of amides is 1. The number of unbranched alkanes of at least 4 members (excludes halogenated alkanes) is 1. The van der Waals surface area contributed by atoms with E-state index in [-0.39, 0.29) is 5.91 Å². The average molecular weight is 355 g/mol. The molecule has 4 nitrogen and oxygen atoms in total. The van der Waals surface area contributed by atoms with E-state index in [1.54, 1.807) is 25.3 Å². The predicted molar refractivity (Wildman–Crippen MR) is 107 cm³/mol. The number of carbonyl (C=O) groups excluding carboxylic acids is 1. The van der Waals surface area contributed by atoms with E-state index < -0.39 is 0 Å². The lowest BCUT2D eigenvalue weighted by Crippen LogP contribution is -2.15. The van der Waals surface area contributed by atoms with Gasteiger partial charge in [0.1, 0.15) is 0 Å². The standard InChI is InChI=1S/C22H29NO3/c1-5-8-14-26-19-13-12-18(15-20(19)25-4)22(24)23-21-16(6-2)10-9-11-17(21)7-3/h9-13,15H,5-8,14H2,1-4H3,(H,23,24). The van der Waals surface area contributed by atoms with E-state index in [1.165, 1.54) is 0 Å². The SMILES string of the molecule is CCCCOc1ccc(C(=O)Nc2c(CC)cccc2CC)cc1OC. The summed E-state index contributed by atoms with van der Waals surface area (Å²) < 4.78 is 11.1. The van der Waals surface area contributed by atoms with Gasteiger partial charge in [-0.15, -0.1) is 0 Å². The zero-order chi connectivity index (χ0) is 18.9. The molecule has 0 bridgehead atoms. The first kappa shape index (κ1) is 19.8. The fourth-order valence-electron chi connectivity index (χ4n) is 2.84. The van der Waals surface area contributed by atoms with Crippen LogP contribution in [0.15, 0.2) is 36.4 Å². The Hall–Kier alpha value is -2.49. The van der Waals surface area contributed by atoms with Gasteiger partial charge in [-0.3, -0.25) is 4.79 Å². The molecule has 0 fully saturated rings. The Morgan fingerprint density at radius 3 is 2.27 bits per heavy atom. The fraction of sp³-hybridized carbons (Fsp3) is 0.409. The van der Waals surface area contributed by atoms with Gasteiger partial charge in [-0.25, -0.2) is 0 Å². The summed E-state index contributed by atoms with van der Waals surface area (Å²) in [4.78, 5) is 12.8. The molecule has 0 spiro atoms. The highest BCUT2D eigenvalue weighted by Crippen LogP contribution is 2.29. The largest absolute Gasteiger partial charge is 0.493 e. The van der Waals surface area contributed by atoms with E-state index in [0.717, 1.165) is 42.5 Å². The van der Waals surface area contributed by atoms with E-state index >= 15 is 0 Å². The number of anilines is 1. The zero-order valence-electron chi connectivity index (χ0n) is 16.2. The van der Waals surface area contributed by atoms with Crippen LogP contribution in [-0.2, 0) is 12.8 Å². The number of rotatable bonds is 9. The summed E-state index contributed by atoms with van der Waals surface area (Å²) in [7, 11) is 1.59. The first-order valence-corrected chi connectivity index (χ1v) is 9.37. The summed E-state index contributed by atoms with van der Waals surface area (Å²) in [5, 5.41) is 3.09. The van der Waals surface area contributed by atoms with Gasteiger partial charge >= 0.3 is 0 Å². The molecule has 0 saturated carbocycles. The Morgan fingerprint density at radius 1 is 1.00 bits per heavy atom. The second-order valence-electron chi connectivity index (χ2n) is 6.18. The highest BCUT2D eigenvalue weighted by molar-refractivity contribution is 6.05. The molecule has 2 aromatic rings. The van der Waals surface area contributed by atoms with Gasteiger partial charge < -0.3 is 14.8 Å². The molecule has 26 heavy (non-hydrogen) atoms. The quantitative estimate of drug-likeness (QED) is 0.625. The third-order valence-corrected chi connectivity index (χ3v) is 4.42. The average Bonchev–Trinajstić information content (AvgIpc) is 2.68. The van der Waals surface area contributed by atoms with Crippen molar-refractivity contribution in [2.24, 2.45) is 0 Å². The van der Waals surface area contributed by atoms with Crippen molar-refractivity contribution in [3.05, 3.63) is 53.1 Å². The molecular weight excluding hydrogens is 326 g/mol. The van der Waals surface area contributed by atoms with Gasteiger partial charge in [0.25, 0.3) is 5.91 Å². The molecule has 1 amide bonds. The van der Waals surface area contributed by atoms with Gasteiger partial charge in [-0.05, 0) is 48.6 Å². The minimum Gasteiger partial charge on any atom is -0.493 e. The summed E-state index contributed by atoms with van der Waals surface area (Å²) in [5.41, 5.74) is 3.76. The smallest absolute Gasteiger partial charge is 0.255 e. The van der Waals surface area contributed by atoms with Crippen molar-refractivity contribution in [3.8, 4) is 11.5 Å². The van der Waals surface area contributed by atoms with E-state index in [1.807, 2.05) is 6.07 Å². The van der Waals surface area contributed by atoms with Gasteiger partial charge in [0.05, 0.1) is 13.7 Å². The van der Waals surface area contributed by atoms with Crippen LogP contribution >= 0.6 is 0 Å². The lowest BCUT2D eigenvalue weighted by molar-refractivity contribution is 0.102. The Morgan fingerprint density at radius 2 is 1.69 bits per heavy atom. The lowest BCUT2D eigenvalue weighted by atomic mass is 10.0. The van der Waals surface area contributed by atoms with Crippen LogP contribution in [0.4, 0.5) is 5.69 Å². The number of carbonyl (C=O) groups is 1. The van der Waals surface area contributed by atoms with Crippen molar-refractivity contribution in [1.82, 2.24) is 0 Å². The van der Waals surface area contributed by atoms with Crippen LogP contribution in [-0.4, -0.2) is 19.6 Å². The van der Waals surface area contributed by atoms with Crippen LogP contribution in [0.1, 0.15) is 55.1 Å². The third kappa shape index (κ3) is 4.78. The van der Waals surface area contributed by atoms with Crippen LogP contribution in [0, 0.1) is 0 Å². The monoisotopic (exact) mass is 355 g/mol. The Labute approximate surface area is 156 Å². The second-order valence-corrected chi connectivity index (χ2v) is 6.18. The van der Waals surface area contributed by atoms with E-state index in [0.29, 0.717) is 23.7 Å². The summed E-state index contributed by atoms with van der Waals surface area (Å²) in [6, 6.07) is 11.5. The maximum atomic E-state index is 12.8. The molecule has 2 aromatic carbocycles. The van der Waals surface area contributed by atoms with E-state index in [4.69, 9.17) is 9.47 Å². The lowest BCUT2D eigenvalue weighted by Gasteiger charge is -2.15. The van der Waals surface area contributed by atoms with Crippen LogP contribution < -0.4 is 14.8 Å². The van der Waals surface area contributed by atoms with Crippen molar-refractivity contribution < 1.29 is 14.3 Å². The number of hydrogen-bond donors (Lipinski definition) is 1. The molecule has 0 saturated heterocycles. The molecule has 0 aliphatic heterocycles. The van der Waals surface area contributed by atoms with Gasteiger partial charge in [-0.2, -0.15) is 0 Å². The number of ether oxygens (including phenoxy) is 2. The fourth-order valence-corrected chi connectivity index (χ4v) is 2.84. The first-order valence-electron chi connectivity index (χ1n) is 9.37. The number of aryl methyl sites for hydroxylation is 2. The van der Waals surface area contributed by atoms with Gasteiger partial charge in [0.15, 0.2) is 11.5 Å².